The summed E-state index contributed by atoms with van der Waals surface area (Å²) in [7, 11) is -0.0648. The minimum absolute atomic E-state index is 0. The molecule has 6 heteroatoms. The second-order valence-corrected chi connectivity index (χ2v) is 8.03. The van der Waals surface area contributed by atoms with Crippen LogP contribution in [0.15, 0.2) is 36.4 Å². The van der Waals surface area contributed by atoms with Gasteiger partial charge in [-0.1, -0.05) is 23.7 Å². The first-order valence-corrected chi connectivity index (χ1v) is 9.69. The normalized spacial score (nSPS) is 11.1. The van der Waals surface area contributed by atoms with Crippen LogP contribution in [0.4, 0.5) is 0 Å². The van der Waals surface area contributed by atoms with Crippen LogP contribution in [0, 0.1) is 6.92 Å². The maximum absolute atomic E-state index is 12.8. The Labute approximate surface area is 174 Å². The first kappa shape index (κ1) is 23.1. The third-order valence-corrected chi connectivity index (χ3v) is 4.86. The zero-order valence-electron chi connectivity index (χ0n) is 16.2. The first-order valence-electron chi connectivity index (χ1n) is 8.31. The first-order chi connectivity index (χ1) is 11.8. The number of benzene rings is 2. The zero-order valence-corrected chi connectivity index (χ0v) is 18.0. The molecule has 0 amide bonds. The van der Waals surface area contributed by atoms with Crippen LogP contribution in [0.2, 0.25) is 5.02 Å². The summed E-state index contributed by atoms with van der Waals surface area (Å²) in [5.41, 5.74) is 1.48. The van der Waals surface area contributed by atoms with E-state index in [0.717, 1.165) is 16.6 Å². The molecule has 26 heavy (non-hydrogen) atoms. The van der Waals surface area contributed by atoms with Gasteiger partial charge in [-0.25, -0.2) is 0 Å². The number of hydrogen-bond donors (Lipinski definition) is 0. The van der Waals surface area contributed by atoms with E-state index in [4.69, 9.17) is 21.1 Å². The smallest absolute Gasteiger partial charge is 0.187 e. The molecule has 0 saturated carbocycles. The molecule has 1 atom stereocenters. The molecular formula is C20H24ClLiO3P. The van der Waals surface area contributed by atoms with E-state index >= 15 is 0 Å². The van der Waals surface area contributed by atoms with E-state index in [2.05, 4.69) is 0 Å². The topological polar surface area (TPSA) is 35.5 Å². The molecule has 0 heterocycles. The fourth-order valence-corrected chi connectivity index (χ4v) is 3.92. The maximum Gasteiger partial charge on any atom is 0.187 e. The molecule has 3 nitrogen and oxygen atoms in total. The van der Waals surface area contributed by atoms with E-state index in [1.807, 2.05) is 65.0 Å². The van der Waals surface area contributed by atoms with Crippen LogP contribution in [0.5, 0.6) is 11.5 Å². The molecule has 1 radical (unpaired) electrons. The van der Waals surface area contributed by atoms with Gasteiger partial charge in [-0.3, -0.25) is 4.79 Å². The molecule has 135 valence electrons. The summed E-state index contributed by atoms with van der Waals surface area (Å²) >= 11 is 6.23. The molecule has 0 aromatic heterocycles. The van der Waals surface area contributed by atoms with Crippen molar-refractivity contribution in [1.29, 1.82) is 0 Å². The number of carbonyl (C=O) groups is 1. The summed E-state index contributed by atoms with van der Waals surface area (Å²) in [4.78, 5) is 12.8. The fourth-order valence-electron chi connectivity index (χ4n) is 2.41. The number of halogens is 1. The third-order valence-electron chi connectivity index (χ3n) is 3.38. The van der Waals surface area contributed by atoms with Crippen LogP contribution in [0.3, 0.4) is 0 Å². The van der Waals surface area contributed by atoms with Gasteiger partial charge in [-0.2, -0.15) is 0 Å². The summed E-state index contributed by atoms with van der Waals surface area (Å²) < 4.78 is 11.6. The molecule has 2 aromatic rings. The molecule has 0 spiro atoms. The van der Waals surface area contributed by atoms with Gasteiger partial charge >= 0.3 is 0 Å². The zero-order chi connectivity index (χ0) is 18.6. The Morgan fingerprint density at radius 3 is 2.27 bits per heavy atom. The van der Waals surface area contributed by atoms with Gasteiger partial charge in [0.15, 0.2) is 5.52 Å². The fraction of sp³-hybridized carbons (Fsp3) is 0.350. The Hall–Kier alpha value is -0.973. The minimum Gasteiger partial charge on any atom is -0.491 e. The maximum atomic E-state index is 12.8. The average Bonchev–Trinajstić information content (AvgIpc) is 2.48. The van der Waals surface area contributed by atoms with E-state index in [-0.39, 0.29) is 45.2 Å². The van der Waals surface area contributed by atoms with E-state index in [9.17, 15) is 4.79 Å². The van der Waals surface area contributed by atoms with Gasteiger partial charge in [0.2, 0.25) is 0 Å². The van der Waals surface area contributed by atoms with Gasteiger partial charge in [0.25, 0.3) is 0 Å². The quantitative estimate of drug-likeness (QED) is 0.497. The molecule has 0 bridgehead atoms. The molecule has 2 aromatic carbocycles. The Morgan fingerprint density at radius 1 is 1.04 bits per heavy atom. The van der Waals surface area contributed by atoms with Crippen molar-refractivity contribution in [2.75, 3.05) is 0 Å². The summed E-state index contributed by atoms with van der Waals surface area (Å²) in [5.74, 6) is 1.42. The van der Waals surface area contributed by atoms with Crippen molar-refractivity contribution in [3.8, 4) is 11.5 Å². The van der Waals surface area contributed by atoms with Gasteiger partial charge in [-0.15, -0.1) is 0 Å². The standard InChI is InChI=1S/C20H24ClO3P.Li/c1-12(2)23-15-9-10-18(17(11-15)24-13(3)4)25-20(22)19-14(5)7-6-8-16(19)21;/h6-13,25H,1-5H3;. The van der Waals surface area contributed by atoms with Gasteiger partial charge in [-0.05, 0) is 67.0 Å². The van der Waals surface area contributed by atoms with Crippen molar-refractivity contribution in [1.82, 2.24) is 0 Å². The molecular weight excluding hydrogens is 362 g/mol. The van der Waals surface area contributed by atoms with E-state index in [0.29, 0.717) is 16.3 Å². The summed E-state index contributed by atoms with van der Waals surface area (Å²) in [6, 6.07) is 11.1. The summed E-state index contributed by atoms with van der Waals surface area (Å²) in [6.07, 6.45) is 0.0857. The number of rotatable bonds is 7. The van der Waals surface area contributed by atoms with Crippen LogP contribution in [0.1, 0.15) is 43.6 Å². The van der Waals surface area contributed by atoms with Crippen molar-refractivity contribution in [2.45, 2.75) is 46.8 Å². The molecule has 0 fully saturated rings. The Balaban J connectivity index is 0.00000338. The van der Waals surface area contributed by atoms with E-state index < -0.39 is 0 Å². The van der Waals surface area contributed by atoms with Crippen LogP contribution in [0.25, 0.3) is 0 Å². The monoisotopic (exact) mass is 385 g/mol. The summed E-state index contributed by atoms with van der Waals surface area (Å²) in [5, 5.41) is 1.35. The van der Waals surface area contributed by atoms with Crippen molar-refractivity contribution in [2.24, 2.45) is 0 Å². The molecule has 1 unspecified atom stereocenters. The molecule has 0 aliphatic carbocycles. The van der Waals surface area contributed by atoms with Gasteiger partial charge < -0.3 is 9.47 Å². The van der Waals surface area contributed by atoms with Crippen LogP contribution >= 0.6 is 20.2 Å². The van der Waals surface area contributed by atoms with Crippen molar-refractivity contribution in [3.63, 3.8) is 0 Å². The molecule has 0 aliphatic heterocycles. The molecule has 0 N–H and O–H groups in total. The van der Waals surface area contributed by atoms with Gasteiger partial charge in [0, 0.05) is 35.8 Å². The van der Waals surface area contributed by atoms with Crippen LogP contribution in [-0.4, -0.2) is 36.6 Å². The number of ether oxygens (including phenoxy) is 2. The van der Waals surface area contributed by atoms with Gasteiger partial charge in [0.05, 0.1) is 17.2 Å². The van der Waals surface area contributed by atoms with Crippen LogP contribution in [-0.2, 0) is 0 Å². The number of hydrogen-bond acceptors (Lipinski definition) is 3. The number of aryl methyl sites for hydroxylation is 1. The van der Waals surface area contributed by atoms with Gasteiger partial charge in [0.1, 0.15) is 11.5 Å². The second kappa shape index (κ2) is 10.4. The van der Waals surface area contributed by atoms with E-state index in [1.54, 1.807) is 6.07 Å². The summed E-state index contributed by atoms with van der Waals surface area (Å²) in [6.45, 7) is 9.77. The van der Waals surface area contributed by atoms with Crippen molar-refractivity contribution >= 4 is 49.9 Å². The Morgan fingerprint density at radius 2 is 1.69 bits per heavy atom. The third kappa shape index (κ3) is 6.33. The minimum atomic E-state index is -0.0648. The molecule has 0 saturated heterocycles. The van der Waals surface area contributed by atoms with E-state index in [1.165, 1.54) is 0 Å². The second-order valence-electron chi connectivity index (χ2n) is 6.38. The molecule has 0 aliphatic rings. The predicted molar refractivity (Wildman–Crippen MR) is 112 cm³/mol. The van der Waals surface area contributed by atoms with Crippen LogP contribution < -0.4 is 14.8 Å². The Kier molecular flexibility index (Phi) is 9.21. The predicted octanol–water partition coefficient (Wildman–Crippen LogP) is 4.99. The SMILES string of the molecule is Cc1cccc(Cl)c1C(=O)Pc1ccc(OC(C)C)cc1OC(C)C.[Li]. The number of carbonyl (C=O) groups excluding carboxylic acids is 1. The Bertz CT molecular complexity index is 742. The van der Waals surface area contributed by atoms with Crippen molar-refractivity contribution in [3.05, 3.63) is 52.5 Å². The largest absolute Gasteiger partial charge is 0.491 e. The van der Waals surface area contributed by atoms with Crippen molar-refractivity contribution < 1.29 is 14.3 Å². The molecule has 2 rings (SSSR count). The average molecular weight is 386 g/mol.